The predicted octanol–water partition coefficient (Wildman–Crippen LogP) is 6.97. The van der Waals surface area contributed by atoms with E-state index in [2.05, 4.69) is 39.8 Å². The Bertz CT molecular complexity index is 403. The second kappa shape index (κ2) is 17.1. The Morgan fingerprint density at radius 1 is 0.786 bits per heavy atom. The largest absolute Gasteiger partial charge is 0.309 e. The molecule has 0 aromatic rings. The summed E-state index contributed by atoms with van der Waals surface area (Å²) in [5.41, 5.74) is 0.604. The van der Waals surface area contributed by atoms with E-state index in [1.54, 1.807) is 6.92 Å². The van der Waals surface area contributed by atoms with Gasteiger partial charge >= 0.3 is 0 Å². The van der Waals surface area contributed by atoms with Crippen molar-refractivity contribution in [2.75, 3.05) is 20.6 Å². The average molecular weight is 396 g/mol. The summed E-state index contributed by atoms with van der Waals surface area (Å²) in [7, 11) is 4.46. The minimum Gasteiger partial charge on any atom is -0.309 e. The molecule has 3 nitrogen and oxygen atoms in total. The summed E-state index contributed by atoms with van der Waals surface area (Å²) in [5.74, 6) is 0.00185. The smallest absolute Gasteiger partial charge is 0.250 e. The van der Waals surface area contributed by atoms with Crippen LogP contribution in [0.5, 0.6) is 0 Å². The third kappa shape index (κ3) is 14.2. The first kappa shape index (κ1) is 27.2. The molecule has 0 aliphatic rings. The molecule has 1 N–H and O–H groups in total. The summed E-state index contributed by atoms with van der Waals surface area (Å²) in [6.45, 7) is 11.2. The highest BCUT2D eigenvalue weighted by Crippen LogP contribution is 2.16. The fraction of sp³-hybridized carbons (Fsp3) is 0.880. The summed E-state index contributed by atoms with van der Waals surface area (Å²) < 4.78 is 0.855. The lowest BCUT2D eigenvalue weighted by Crippen LogP contribution is -2.57. The van der Waals surface area contributed by atoms with E-state index < -0.39 is 0 Å². The van der Waals surface area contributed by atoms with Crippen molar-refractivity contribution < 1.29 is 9.28 Å². The van der Waals surface area contributed by atoms with Crippen LogP contribution in [0, 0.1) is 0 Å². The van der Waals surface area contributed by atoms with Gasteiger partial charge in [0.2, 0.25) is 0 Å². The number of rotatable bonds is 19. The highest BCUT2D eigenvalue weighted by atomic mass is 16.2. The van der Waals surface area contributed by atoms with Gasteiger partial charge in [0, 0.05) is 12.0 Å². The van der Waals surface area contributed by atoms with Crippen molar-refractivity contribution in [1.29, 1.82) is 0 Å². The Morgan fingerprint density at radius 2 is 1.21 bits per heavy atom. The molecule has 0 aromatic heterocycles. The molecule has 1 unspecified atom stereocenters. The fourth-order valence-corrected chi connectivity index (χ4v) is 3.96. The van der Waals surface area contributed by atoms with Crippen LogP contribution in [0.3, 0.4) is 0 Å². The van der Waals surface area contributed by atoms with Gasteiger partial charge in [0.15, 0.2) is 6.17 Å². The molecular weight excluding hydrogens is 344 g/mol. The molecule has 0 heterocycles. The monoisotopic (exact) mass is 395 g/mol. The number of carbonyl (C=O) groups is 1. The molecule has 166 valence electrons. The van der Waals surface area contributed by atoms with Crippen molar-refractivity contribution in [2.45, 2.75) is 123 Å². The van der Waals surface area contributed by atoms with Gasteiger partial charge in [0.05, 0.1) is 20.6 Å². The zero-order valence-corrected chi connectivity index (χ0v) is 20.0. The topological polar surface area (TPSA) is 29.1 Å². The molecule has 0 rings (SSSR count). The maximum absolute atomic E-state index is 12.1. The summed E-state index contributed by atoms with van der Waals surface area (Å²) in [5, 5.41) is 3.22. The number of unbranched alkanes of at least 4 members (excludes halogenated alkanes) is 12. The number of quaternary nitrogens is 1. The highest BCUT2D eigenvalue weighted by Gasteiger charge is 2.28. The Labute approximate surface area is 176 Å². The van der Waals surface area contributed by atoms with E-state index in [4.69, 9.17) is 0 Å². The second-order valence-corrected chi connectivity index (χ2v) is 9.30. The molecule has 0 bridgehead atoms. The molecule has 1 amide bonds. The summed E-state index contributed by atoms with van der Waals surface area (Å²) in [4.78, 5) is 12.1. The fourth-order valence-electron chi connectivity index (χ4n) is 3.96. The second-order valence-electron chi connectivity index (χ2n) is 9.30. The SMILES string of the molecule is C=C(C)C(=O)NC(CCCCCCCCCCCCCCC)[N+](C)(C)CCC. The van der Waals surface area contributed by atoms with Crippen molar-refractivity contribution in [3.05, 3.63) is 12.2 Å². The molecule has 28 heavy (non-hydrogen) atoms. The molecule has 0 aromatic carbocycles. The van der Waals surface area contributed by atoms with Crippen LogP contribution < -0.4 is 5.32 Å². The van der Waals surface area contributed by atoms with Gasteiger partial charge in [-0.3, -0.25) is 4.79 Å². The maximum atomic E-state index is 12.1. The van der Waals surface area contributed by atoms with Gasteiger partial charge in [0.1, 0.15) is 0 Å². The van der Waals surface area contributed by atoms with Crippen molar-refractivity contribution in [3.63, 3.8) is 0 Å². The molecule has 0 radical (unpaired) electrons. The maximum Gasteiger partial charge on any atom is 0.250 e. The Morgan fingerprint density at radius 3 is 1.61 bits per heavy atom. The minimum absolute atomic E-state index is 0.00185. The van der Waals surface area contributed by atoms with Gasteiger partial charge in [-0.2, -0.15) is 0 Å². The molecule has 0 aliphatic carbocycles. The highest BCUT2D eigenvalue weighted by molar-refractivity contribution is 5.92. The molecule has 0 fully saturated rings. The molecular formula is C25H51N2O+. The Balaban J connectivity index is 3.87. The number of hydrogen-bond donors (Lipinski definition) is 1. The number of amides is 1. The van der Waals surface area contributed by atoms with Gasteiger partial charge in [-0.25, -0.2) is 0 Å². The van der Waals surface area contributed by atoms with E-state index in [0.717, 1.165) is 23.9 Å². The Hall–Kier alpha value is -0.830. The van der Waals surface area contributed by atoms with E-state index in [9.17, 15) is 4.79 Å². The quantitative estimate of drug-likeness (QED) is 0.109. The van der Waals surface area contributed by atoms with Gasteiger partial charge < -0.3 is 9.80 Å². The number of nitrogens with one attached hydrogen (secondary N) is 1. The van der Waals surface area contributed by atoms with Crippen molar-refractivity contribution in [2.24, 2.45) is 0 Å². The normalized spacial score (nSPS) is 12.8. The summed E-state index contributed by atoms with van der Waals surface area (Å²) in [6, 6.07) is 0. The molecule has 3 heteroatoms. The molecule has 0 saturated heterocycles. The van der Waals surface area contributed by atoms with Crippen LogP contribution in [0.4, 0.5) is 0 Å². The first-order valence-corrected chi connectivity index (χ1v) is 12.1. The van der Waals surface area contributed by atoms with E-state index in [1.165, 1.54) is 83.5 Å². The van der Waals surface area contributed by atoms with Crippen LogP contribution in [0.1, 0.15) is 117 Å². The average Bonchev–Trinajstić information content (AvgIpc) is 2.64. The lowest BCUT2D eigenvalue weighted by atomic mass is 10.0. The van der Waals surface area contributed by atoms with E-state index >= 15 is 0 Å². The summed E-state index contributed by atoms with van der Waals surface area (Å²) >= 11 is 0. The molecule has 0 saturated carbocycles. The first-order valence-electron chi connectivity index (χ1n) is 12.1. The minimum atomic E-state index is 0.00185. The van der Waals surface area contributed by atoms with Crippen molar-refractivity contribution in [3.8, 4) is 0 Å². The van der Waals surface area contributed by atoms with E-state index in [0.29, 0.717) is 5.57 Å². The van der Waals surface area contributed by atoms with Gasteiger partial charge in [-0.1, -0.05) is 97.5 Å². The molecule has 0 spiro atoms. The molecule has 0 aliphatic heterocycles. The lowest BCUT2D eigenvalue weighted by Gasteiger charge is -2.38. The number of hydrogen-bond acceptors (Lipinski definition) is 1. The molecule has 1 atom stereocenters. The third-order valence-corrected chi connectivity index (χ3v) is 5.91. The number of nitrogens with zero attached hydrogens (tertiary/aromatic N) is 1. The standard InChI is InChI=1S/C25H50N2O/c1-7-9-10-11-12-13-14-15-16-17-18-19-20-21-24(26-25(28)23(3)4)27(5,6)22-8-2/h24H,3,7-22H2,1-2,4-6H3/p+1. The Kier molecular flexibility index (Phi) is 16.6. The van der Waals surface area contributed by atoms with Crippen molar-refractivity contribution >= 4 is 5.91 Å². The van der Waals surface area contributed by atoms with Gasteiger partial charge in [-0.05, 0) is 19.8 Å². The van der Waals surface area contributed by atoms with Gasteiger partial charge in [-0.15, -0.1) is 0 Å². The van der Waals surface area contributed by atoms with Crippen LogP contribution in [0.15, 0.2) is 12.2 Å². The third-order valence-electron chi connectivity index (χ3n) is 5.91. The predicted molar refractivity (Wildman–Crippen MR) is 124 cm³/mol. The van der Waals surface area contributed by atoms with E-state index in [-0.39, 0.29) is 12.1 Å². The van der Waals surface area contributed by atoms with Crippen LogP contribution >= 0.6 is 0 Å². The number of carbonyl (C=O) groups excluding carboxylic acids is 1. The lowest BCUT2D eigenvalue weighted by molar-refractivity contribution is -0.917. The van der Waals surface area contributed by atoms with Gasteiger partial charge in [0.25, 0.3) is 5.91 Å². The van der Waals surface area contributed by atoms with Crippen molar-refractivity contribution in [1.82, 2.24) is 5.32 Å². The zero-order chi connectivity index (χ0) is 21.3. The first-order chi connectivity index (χ1) is 13.3. The van der Waals surface area contributed by atoms with Crippen LogP contribution in [0.2, 0.25) is 0 Å². The summed E-state index contributed by atoms with van der Waals surface area (Å²) in [6.07, 6.45) is 20.3. The zero-order valence-electron chi connectivity index (χ0n) is 20.0. The van der Waals surface area contributed by atoms with Crippen LogP contribution in [-0.2, 0) is 4.79 Å². The van der Waals surface area contributed by atoms with Crippen LogP contribution in [0.25, 0.3) is 0 Å². The van der Waals surface area contributed by atoms with Crippen LogP contribution in [-0.4, -0.2) is 37.2 Å². The van der Waals surface area contributed by atoms with E-state index in [1.807, 2.05) is 0 Å².